The number of aromatic nitrogens is 2. The van der Waals surface area contributed by atoms with Crippen LogP contribution in [-0.4, -0.2) is 51.0 Å². The molecule has 0 spiro atoms. The molecule has 0 saturated carbocycles. The van der Waals surface area contributed by atoms with E-state index in [-0.39, 0.29) is 18.3 Å². The Balaban J connectivity index is 1.90. The van der Waals surface area contributed by atoms with E-state index < -0.39 is 25.0 Å². The summed E-state index contributed by atoms with van der Waals surface area (Å²) in [5.74, 6) is -3.50. The van der Waals surface area contributed by atoms with E-state index in [0.29, 0.717) is 32.6 Å². The number of nitrogens with zero attached hydrogens (tertiary/aromatic N) is 2. The fourth-order valence-electron chi connectivity index (χ4n) is 3.26. The number of anilines is 1. The second-order valence-corrected chi connectivity index (χ2v) is 8.80. The van der Waals surface area contributed by atoms with Crippen LogP contribution in [0.15, 0.2) is 48.8 Å². The van der Waals surface area contributed by atoms with E-state index in [0.717, 1.165) is 4.90 Å². The van der Waals surface area contributed by atoms with Gasteiger partial charge in [-0.15, -0.1) is 0 Å². The Bertz CT molecular complexity index is 1120. The molecule has 2 heterocycles. The molecule has 1 amide bonds. The van der Waals surface area contributed by atoms with Crippen LogP contribution in [0.5, 0.6) is 0 Å². The monoisotopic (exact) mass is 496 g/mol. The van der Waals surface area contributed by atoms with Gasteiger partial charge in [0.1, 0.15) is 18.1 Å². The maximum atomic E-state index is 14.0. The van der Waals surface area contributed by atoms with Crippen LogP contribution in [0.4, 0.5) is 14.6 Å². The first-order valence-electron chi connectivity index (χ1n) is 10.2. The van der Waals surface area contributed by atoms with E-state index in [1.807, 2.05) is 13.8 Å². The number of H-pyrrole nitrogens is 1. The second-order valence-electron chi connectivity index (χ2n) is 7.96. The Kier molecular flexibility index (Phi) is 7.94. The summed E-state index contributed by atoms with van der Waals surface area (Å²) in [5, 5.41) is 13.0. The van der Waals surface area contributed by atoms with Crippen LogP contribution in [0.3, 0.4) is 0 Å². The van der Waals surface area contributed by atoms with Crippen molar-refractivity contribution < 1.29 is 18.7 Å². The number of carbonyl (C=O) groups excluding carboxylic acids is 1. The number of carbonyl (C=O) groups is 1. The Morgan fingerprint density at radius 2 is 2.03 bits per heavy atom. The Labute approximate surface area is 200 Å². The number of rotatable bonds is 9. The topological polar surface area (TPSA) is 81.2 Å². The summed E-state index contributed by atoms with van der Waals surface area (Å²) in [4.78, 5) is 21.2. The average molecular weight is 497 g/mol. The molecule has 0 aliphatic heterocycles. The lowest BCUT2D eigenvalue weighted by atomic mass is 10.1. The fourth-order valence-corrected chi connectivity index (χ4v) is 3.69. The van der Waals surface area contributed by atoms with E-state index in [4.69, 9.17) is 28.3 Å². The van der Waals surface area contributed by atoms with Crippen molar-refractivity contribution in [1.82, 2.24) is 14.9 Å². The highest BCUT2D eigenvalue weighted by atomic mass is 35.5. The number of halogens is 4. The summed E-state index contributed by atoms with van der Waals surface area (Å²) in [7, 11) is 0. The number of benzene rings is 1. The van der Waals surface area contributed by atoms with Crippen molar-refractivity contribution in [2.24, 2.45) is 0 Å². The molecule has 0 atom stereocenters. The van der Waals surface area contributed by atoms with Crippen LogP contribution in [-0.2, 0) is 6.54 Å². The molecule has 0 aliphatic rings. The van der Waals surface area contributed by atoms with Crippen molar-refractivity contribution in [3.05, 3.63) is 70.1 Å². The number of amides is 1. The zero-order valence-electron chi connectivity index (χ0n) is 18.1. The highest BCUT2D eigenvalue weighted by molar-refractivity contribution is 6.33. The van der Waals surface area contributed by atoms with Gasteiger partial charge in [0.25, 0.3) is 11.8 Å². The quantitative estimate of drug-likeness (QED) is 0.366. The number of aromatic amines is 1. The molecule has 3 N–H and O–H groups in total. The summed E-state index contributed by atoms with van der Waals surface area (Å²) in [6, 6.07) is 10.1. The molecular weight excluding hydrogens is 473 g/mol. The van der Waals surface area contributed by atoms with Crippen molar-refractivity contribution in [3.63, 3.8) is 0 Å². The van der Waals surface area contributed by atoms with Crippen LogP contribution in [0.1, 0.15) is 29.9 Å². The van der Waals surface area contributed by atoms with Crippen LogP contribution in [0.25, 0.3) is 11.1 Å². The van der Waals surface area contributed by atoms with Gasteiger partial charge in [0, 0.05) is 41.1 Å². The third-order valence-electron chi connectivity index (χ3n) is 4.72. The number of aliphatic hydroxyl groups is 1. The molecule has 0 bridgehead atoms. The molecule has 2 aromatic heterocycles. The summed E-state index contributed by atoms with van der Waals surface area (Å²) in [5.41, 5.74) is 1.92. The first-order chi connectivity index (χ1) is 15.6. The molecule has 0 unspecified atom stereocenters. The smallest absolute Gasteiger partial charge is 0.287 e. The van der Waals surface area contributed by atoms with Gasteiger partial charge in [0.15, 0.2) is 0 Å². The number of hydrogen-bond acceptors (Lipinski definition) is 4. The molecule has 10 heteroatoms. The molecule has 0 aliphatic carbocycles. The van der Waals surface area contributed by atoms with Crippen molar-refractivity contribution >= 4 is 34.9 Å². The number of aliphatic hydroxyl groups excluding tert-OH is 1. The fraction of sp³-hybridized carbons (Fsp3) is 0.304. The van der Waals surface area contributed by atoms with Crippen molar-refractivity contribution in [2.45, 2.75) is 32.4 Å². The minimum absolute atomic E-state index is 0.104. The Morgan fingerprint density at radius 3 is 2.70 bits per heavy atom. The van der Waals surface area contributed by atoms with Crippen molar-refractivity contribution in [3.8, 4) is 11.1 Å². The van der Waals surface area contributed by atoms with E-state index in [2.05, 4.69) is 15.3 Å². The minimum Gasteiger partial charge on any atom is -0.390 e. The number of hydrogen-bond donors (Lipinski definition) is 3. The van der Waals surface area contributed by atoms with E-state index in [1.54, 1.807) is 42.6 Å². The Morgan fingerprint density at radius 1 is 1.27 bits per heavy atom. The van der Waals surface area contributed by atoms with E-state index in [1.165, 1.54) is 6.20 Å². The first kappa shape index (κ1) is 25.0. The number of pyridine rings is 1. The van der Waals surface area contributed by atoms with E-state index >= 15 is 0 Å². The molecule has 0 radical (unpaired) electrons. The van der Waals surface area contributed by atoms with Crippen molar-refractivity contribution in [2.75, 3.05) is 18.5 Å². The molecule has 6 nitrogen and oxygen atoms in total. The highest BCUT2D eigenvalue weighted by Crippen LogP contribution is 2.30. The second kappa shape index (κ2) is 10.5. The lowest BCUT2D eigenvalue weighted by Gasteiger charge is -2.26. The summed E-state index contributed by atoms with van der Waals surface area (Å²) in [6.45, 7) is 1.50. The van der Waals surface area contributed by atoms with Crippen LogP contribution >= 0.6 is 23.2 Å². The van der Waals surface area contributed by atoms with Gasteiger partial charge in [-0.3, -0.25) is 4.79 Å². The molecular formula is C23H24Cl2F2N4O2. The van der Waals surface area contributed by atoms with Crippen LogP contribution in [0, 0.1) is 0 Å². The number of nitrogens with one attached hydrogen (secondary N) is 2. The molecule has 1 aromatic carbocycles. The van der Waals surface area contributed by atoms with Crippen LogP contribution in [0.2, 0.25) is 10.0 Å². The molecule has 176 valence electrons. The van der Waals surface area contributed by atoms with Gasteiger partial charge >= 0.3 is 0 Å². The Hall–Kier alpha value is -2.68. The first-order valence-corrected chi connectivity index (χ1v) is 11.0. The van der Waals surface area contributed by atoms with Gasteiger partial charge < -0.3 is 20.3 Å². The van der Waals surface area contributed by atoms with Gasteiger partial charge in [0.05, 0.1) is 11.6 Å². The third kappa shape index (κ3) is 6.66. The largest absolute Gasteiger partial charge is 0.390 e. The standard InChI is InChI=1S/C23H24Cl2F2N4O2/c1-14(2)30-21-8-18(19(25)10-29-21)16-7-20(28-9-16)22(33)31(12-23(26,27)13-32)11-15-4-3-5-17(24)6-15/h3-10,14,28,32H,11-13H2,1-2H3,(H,29,30). The SMILES string of the molecule is CC(C)Nc1cc(-c2c[nH]c(C(=O)N(Cc3cccc(Cl)c3)CC(F)(F)CO)c2)c(Cl)cn1. The maximum absolute atomic E-state index is 14.0. The summed E-state index contributed by atoms with van der Waals surface area (Å²) in [6.07, 6.45) is 3.08. The van der Waals surface area contributed by atoms with Gasteiger partial charge in [-0.1, -0.05) is 35.3 Å². The lowest BCUT2D eigenvalue weighted by molar-refractivity contribution is -0.0687. The molecule has 0 fully saturated rings. The van der Waals surface area contributed by atoms with Gasteiger partial charge in [-0.25, -0.2) is 13.8 Å². The number of alkyl halides is 2. The minimum atomic E-state index is -3.46. The predicted molar refractivity (Wildman–Crippen MR) is 126 cm³/mol. The average Bonchev–Trinajstić information content (AvgIpc) is 3.23. The lowest BCUT2D eigenvalue weighted by Crippen LogP contribution is -2.42. The predicted octanol–water partition coefficient (Wildman–Crippen LogP) is 5.47. The van der Waals surface area contributed by atoms with Crippen molar-refractivity contribution in [1.29, 1.82) is 0 Å². The molecule has 3 aromatic rings. The van der Waals surface area contributed by atoms with Gasteiger partial charge in [-0.2, -0.15) is 0 Å². The third-order valence-corrected chi connectivity index (χ3v) is 5.26. The van der Waals surface area contributed by atoms with Crippen LogP contribution < -0.4 is 5.32 Å². The van der Waals surface area contributed by atoms with Gasteiger partial charge in [0.2, 0.25) is 0 Å². The van der Waals surface area contributed by atoms with Gasteiger partial charge in [-0.05, 0) is 43.7 Å². The highest BCUT2D eigenvalue weighted by Gasteiger charge is 2.34. The summed E-state index contributed by atoms with van der Waals surface area (Å²) < 4.78 is 28.0. The van der Waals surface area contributed by atoms with E-state index in [9.17, 15) is 13.6 Å². The molecule has 0 saturated heterocycles. The zero-order chi connectivity index (χ0) is 24.2. The normalized spacial score (nSPS) is 11.6. The zero-order valence-corrected chi connectivity index (χ0v) is 19.6. The molecule has 33 heavy (non-hydrogen) atoms. The molecule has 3 rings (SSSR count). The maximum Gasteiger partial charge on any atom is 0.287 e. The summed E-state index contributed by atoms with van der Waals surface area (Å²) >= 11 is 12.3.